The third-order valence-corrected chi connectivity index (χ3v) is 1.09. The van der Waals surface area contributed by atoms with Crippen LogP contribution in [0.3, 0.4) is 0 Å². The second kappa shape index (κ2) is 3.52. The lowest BCUT2D eigenvalue weighted by atomic mass is 10.3. The molecule has 0 radical (unpaired) electrons. The first-order chi connectivity index (χ1) is 4.93. The van der Waals surface area contributed by atoms with Gasteiger partial charge in [-0.25, -0.2) is 0 Å². The molecule has 0 fully saturated rings. The molecule has 0 aromatic carbocycles. The van der Waals surface area contributed by atoms with Crippen molar-refractivity contribution in [3.8, 4) is 6.07 Å². The molecule has 0 N–H and O–H groups in total. The van der Waals surface area contributed by atoms with E-state index >= 15 is 0 Å². The highest BCUT2D eigenvalue weighted by atomic mass is 16.3. The normalized spacial score (nSPS) is 9.90. The molecule has 2 nitrogen and oxygen atoms in total. The van der Waals surface area contributed by atoms with E-state index in [0.29, 0.717) is 6.42 Å². The molecule has 0 aliphatic rings. The summed E-state index contributed by atoms with van der Waals surface area (Å²) in [6.45, 7) is 0. The molecular weight excluding hydrogens is 126 g/mol. The number of allylic oxidation sites excluding steroid dienone is 2. The highest BCUT2D eigenvalue weighted by Gasteiger charge is 1.88. The van der Waals surface area contributed by atoms with Crippen molar-refractivity contribution in [1.82, 2.24) is 0 Å². The maximum Gasteiger partial charge on any atom is 0.107 e. The van der Waals surface area contributed by atoms with Gasteiger partial charge >= 0.3 is 0 Å². The monoisotopic (exact) mass is 133 g/mol. The standard InChI is InChI=1S/C8H7NO/c9-6-2-1-4-8-5-3-7-10-8/h1-3,5,7H,4H2/b2-1-. The second-order valence-corrected chi connectivity index (χ2v) is 1.81. The predicted molar refractivity (Wildman–Crippen MR) is 37.2 cm³/mol. The molecule has 1 heterocycles. The Labute approximate surface area is 59.4 Å². The van der Waals surface area contributed by atoms with E-state index in [2.05, 4.69) is 0 Å². The topological polar surface area (TPSA) is 36.9 Å². The Hall–Kier alpha value is -1.49. The van der Waals surface area contributed by atoms with Crippen molar-refractivity contribution in [3.05, 3.63) is 36.3 Å². The summed E-state index contributed by atoms with van der Waals surface area (Å²) in [5.41, 5.74) is 0. The van der Waals surface area contributed by atoms with E-state index < -0.39 is 0 Å². The first-order valence-corrected chi connectivity index (χ1v) is 3.00. The fourth-order valence-electron chi connectivity index (χ4n) is 0.657. The van der Waals surface area contributed by atoms with Crippen LogP contribution in [0.4, 0.5) is 0 Å². The molecular formula is C8H7NO. The van der Waals surface area contributed by atoms with Crippen LogP contribution in [0.2, 0.25) is 0 Å². The molecule has 0 atom stereocenters. The van der Waals surface area contributed by atoms with Gasteiger partial charge in [-0.05, 0) is 12.1 Å². The molecule has 0 saturated heterocycles. The summed E-state index contributed by atoms with van der Waals surface area (Å²) in [6.07, 6.45) is 5.53. The molecule has 2 heteroatoms. The minimum absolute atomic E-state index is 0.695. The lowest BCUT2D eigenvalue weighted by molar-refractivity contribution is 0.523. The Morgan fingerprint density at radius 1 is 1.70 bits per heavy atom. The summed E-state index contributed by atoms with van der Waals surface area (Å²) in [5, 5.41) is 8.13. The first-order valence-electron chi connectivity index (χ1n) is 3.00. The largest absolute Gasteiger partial charge is 0.469 e. The van der Waals surface area contributed by atoms with Crippen molar-refractivity contribution in [2.24, 2.45) is 0 Å². The van der Waals surface area contributed by atoms with Gasteiger partial charge in [0.25, 0.3) is 0 Å². The Morgan fingerprint density at radius 2 is 2.60 bits per heavy atom. The molecule has 1 aromatic rings. The van der Waals surface area contributed by atoms with Gasteiger partial charge in [0.15, 0.2) is 0 Å². The van der Waals surface area contributed by atoms with Crippen molar-refractivity contribution in [1.29, 1.82) is 5.26 Å². The lowest BCUT2D eigenvalue weighted by Crippen LogP contribution is -1.71. The van der Waals surface area contributed by atoms with Crippen LogP contribution in [0.5, 0.6) is 0 Å². The van der Waals surface area contributed by atoms with Gasteiger partial charge in [0.1, 0.15) is 5.76 Å². The maximum absolute atomic E-state index is 8.13. The van der Waals surface area contributed by atoms with Crippen molar-refractivity contribution in [2.75, 3.05) is 0 Å². The van der Waals surface area contributed by atoms with E-state index in [1.165, 1.54) is 6.08 Å². The smallest absolute Gasteiger partial charge is 0.107 e. The zero-order valence-electron chi connectivity index (χ0n) is 5.45. The van der Waals surface area contributed by atoms with E-state index in [9.17, 15) is 0 Å². The zero-order valence-corrected chi connectivity index (χ0v) is 5.45. The summed E-state index contributed by atoms with van der Waals surface area (Å²) in [5.74, 6) is 0.881. The average Bonchev–Trinajstić information content (AvgIpc) is 2.41. The highest BCUT2D eigenvalue weighted by Crippen LogP contribution is 2.00. The van der Waals surface area contributed by atoms with Crippen LogP contribution in [-0.2, 0) is 6.42 Å². The van der Waals surface area contributed by atoms with Gasteiger partial charge in [0.2, 0.25) is 0 Å². The molecule has 1 rings (SSSR count). The number of furan rings is 1. The molecule has 0 saturated carbocycles. The van der Waals surface area contributed by atoms with Crippen molar-refractivity contribution >= 4 is 0 Å². The number of nitriles is 1. The van der Waals surface area contributed by atoms with Gasteiger partial charge < -0.3 is 4.42 Å². The minimum atomic E-state index is 0.695. The molecule has 1 aromatic heterocycles. The third kappa shape index (κ3) is 1.79. The van der Waals surface area contributed by atoms with E-state index in [-0.39, 0.29) is 0 Å². The van der Waals surface area contributed by atoms with Crippen LogP contribution in [0, 0.1) is 11.3 Å². The zero-order chi connectivity index (χ0) is 7.23. The Balaban J connectivity index is 2.43. The molecule has 0 amide bonds. The molecule has 0 aliphatic carbocycles. The third-order valence-electron chi connectivity index (χ3n) is 1.09. The van der Waals surface area contributed by atoms with Gasteiger partial charge in [-0.15, -0.1) is 0 Å². The minimum Gasteiger partial charge on any atom is -0.469 e. The van der Waals surface area contributed by atoms with Crippen molar-refractivity contribution in [2.45, 2.75) is 6.42 Å². The number of hydrogen-bond acceptors (Lipinski definition) is 2. The molecule has 0 spiro atoms. The van der Waals surface area contributed by atoms with Crippen molar-refractivity contribution in [3.63, 3.8) is 0 Å². The van der Waals surface area contributed by atoms with Gasteiger partial charge in [0, 0.05) is 12.5 Å². The fraction of sp³-hybridized carbons (Fsp3) is 0.125. The van der Waals surface area contributed by atoms with Crippen LogP contribution < -0.4 is 0 Å². The molecule has 0 aliphatic heterocycles. The SMILES string of the molecule is N#C/C=C\Cc1ccco1. The van der Waals surface area contributed by atoms with Gasteiger partial charge in [-0.3, -0.25) is 0 Å². The second-order valence-electron chi connectivity index (χ2n) is 1.81. The van der Waals surface area contributed by atoms with Crippen LogP contribution in [0.1, 0.15) is 5.76 Å². The summed E-state index contributed by atoms with van der Waals surface area (Å²) < 4.78 is 5.02. The van der Waals surface area contributed by atoms with Crippen LogP contribution in [-0.4, -0.2) is 0 Å². The quantitative estimate of drug-likeness (QED) is 0.578. The molecule has 0 bridgehead atoms. The number of nitrogens with zero attached hydrogens (tertiary/aromatic N) is 1. The number of hydrogen-bond donors (Lipinski definition) is 0. The molecule has 10 heavy (non-hydrogen) atoms. The van der Waals surface area contributed by atoms with Crippen LogP contribution in [0.15, 0.2) is 35.0 Å². The van der Waals surface area contributed by atoms with E-state index in [1.54, 1.807) is 12.3 Å². The predicted octanol–water partition coefficient (Wildman–Crippen LogP) is 1.90. The van der Waals surface area contributed by atoms with E-state index in [0.717, 1.165) is 5.76 Å². The van der Waals surface area contributed by atoms with Crippen LogP contribution >= 0.6 is 0 Å². The summed E-state index contributed by atoms with van der Waals surface area (Å²) >= 11 is 0. The van der Waals surface area contributed by atoms with E-state index in [4.69, 9.17) is 9.68 Å². The molecule has 0 unspecified atom stereocenters. The maximum atomic E-state index is 8.13. The summed E-state index contributed by atoms with van der Waals surface area (Å²) in [6, 6.07) is 5.61. The van der Waals surface area contributed by atoms with Gasteiger partial charge in [0.05, 0.1) is 12.3 Å². The Kier molecular flexibility index (Phi) is 2.33. The molecule has 50 valence electrons. The first kappa shape index (κ1) is 6.63. The summed E-state index contributed by atoms with van der Waals surface area (Å²) in [7, 11) is 0. The number of rotatable bonds is 2. The van der Waals surface area contributed by atoms with Gasteiger partial charge in [-0.2, -0.15) is 5.26 Å². The van der Waals surface area contributed by atoms with E-state index in [1.807, 2.05) is 18.2 Å². The highest BCUT2D eigenvalue weighted by molar-refractivity contribution is 5.08. The van der Waals surface area contributed by atoms with Crippen LogP contribution in [0.25, 0.3) is 0 Å². The van der Waals surface area contributed by atoms with Crippen molar-refractivity contribution < 1.29 is 4.42 Å². The fourth-order valence-corrected chi connectivity index (χ4v) is 0.657. The Bertz CT molecular complexity index is 241. The summed E-state index contributed by atoms with van der Waals surface area (Å²) in [4.78, 5) is 0. The Morgan fingerprint density at radius 3 is 3.20 bits per heavy atom. The lowest BCUT2D eigenvalue weighted by Gasteiger charge is -1.83. The van der Waals surface area contributed by atoms with Gasteiger partial charge in [-0.1, -0.05) is 6.08 Å². The average molecular weight is 133 g/mol.